The molecule has 78 valence electrons. The number of aromatic carboxylic acids is 1. The van der Waals surface area contributed by atoms with E-state index in [1.165, 1.54) is 11.3 Å². The third-order valence-electron chi connectivity index (χ3n) is 1.65. The van der Waals surface area contributed by atoms with Crippen molar-refractivity contribution < 1.29 is 14.6 Å². The van der Waals surface area contributed by atoms with Crippen LogP contribution in [-0.4, -0.2) is 31.3 Å². The Bertz CT molecular complexity index is 298. The Kier molecular flexibility index (Phi) is 4.58. The van der Waals surface area contributed by atoms with Gasteiger partial charge in [-0.05, 0) is 12.1 Å². The second-order valence-corrected chi connectivity index (χ2v) is 3.91. The number of nitrogens with one attached hydrogen (secondary N) is 1. The first-order valence-corrected chi connectivity index (χ1v) is 5.07. The molecule has 0 aliphatic heterocycles. The number of carbonyl (C=O) groups is 1. The number of hydrogen-bond acceptors (Lipinski definition) is 4. The summed E-state index contributed by atoms with van der Waals surface area (Å²) >= 11 is 1.30. The minimum absolute atomic E-state index is 0.383. The number of methoxy groups -OCH3 is 1. The molecule has 1 rings (SSSR count). The van der Waals surface area contributed by atoms with Crippen molar-refractivity contribution in [1.29, 1.82) is 0 Å². The van der Waals surface area contributed by atoms with Gasteiger partial charge in [-0.25, -0.2) is 4.79 Å². The molecule has 14 heavy (non-hydrogen) atoms. The van der Waals surface area contributed by atoms with E-state index in [0.717, 1.165) is 11.4 Å². The average molecular weight is 215 g/mol. The molecule has 0 spiro atoms. The van der Waals surface area contributed by atoms with E-state index in [9.17, 15) is 4.79 Å². The van der Waals surface area contributed by atoms with E-state index in [1.54, 1.807) is 13.2 Å². The van der Waals surface area contributed by atoms with Crippen LogP contribution in [0.3, 0.4) is 0 Å². The van der Waals surface area contributed by atoms with Gasteiger partial charge in [-0.1, -0.05) is 0 Å². The molecule has 2 N–H and O–H groups in total. The van der Waals surface area contributed by atoms with E-state index in [-0.39, 0.29) is 0 Å². The zero-order chi connectivity index (χ0) is 10.4. The predicted molar refractivity (Wildman–Crippen MR) is 54.9 cm³/mol. The number of ether oxygens (including phenoxy) is 1. The summed E-state index contributed by atoms with van der Waals surface area (Å²) in [7, 11) is 1.65. The fourth-order valence-electron chi connectivity index (χ4n) is 0.974. The first kappa shape index (κ1) is 11.2. The normalized spacial score (nSPS) is 10.4. The van der Waals surface area contributed by atoms with Crippen LogP contribution in [0.2, 0.25) is 0 Å². The van der Waals surface area contributed by atoms with Crippen molar-refractivity contribution in [3.05, 3.63) is 21.9 Å². The molecule has 0 amide bonds. The maximum atomic E-state index is 10.6. The van der Waals surface area contributed by atoms with Crippen molar-refractivity contribution >= 4 is 17.3 Å². The molecule has 0 aliphatic carbocycles. The molecule has 0 fully saturated rings. The zero-order valence-corrected chi connectivity index (χ0v) is 8.76. The van der Waals surface area contributed by atoms with Crippen LogP contribution < -0.4 is 5.32 Å². The van der Waals surface area contributed by atoms with E-state index in [1.807, 2.05) is 6.07 Å². The van der Waals surface area contributed by atoms with Gasteiger partial charge in [0.15, 0.2) is 0 Å². The molecule has 0 unspecified atom stereocenters. The maximum Gasteiger partial charge on any atom is 0.345 e. The molecular weight excluding hydrogens is 202 g/mol. The third kappa shape index (κ3) is 3.45. The zero-order valence-electron chi connectivity index (χ0n) is 7.95. The van der Waals surface area contributed by atoms with E-state index >= 15 is 0 Å². The topological polar surface area (TPSA) is 58.6 Å². The summed E-state index contributed by atoms with van der Waals surface area (Å²) in [4.78, 5) is 12.0. The van der Waals surface area contributed by atoms with Gasteiger partial charge < -0.3 is 15.2 Å². The smallest absolute Gasteiger partial charge is 0.345 e. The number of thiophene rings is 1. The van der Waals surface area contributed by atoms with E-state index in [2.05, 4.69) is 5.32 Å². The second-order valence-electron chi connectivity index (χ2n) is 2.74. The van der Waals surface area contributed by atoms with Gasteiger partial charge in [0.05, 0.1) is 6.61 Å². The first-order valence-electron chi connectivity index (χ1n) is 4.25. The number of rotatable bonds is 6. The summed E-state index contributed by atoms with van der Waals surface area (Å²) in [6.07, 6.45) is 0. The highest BCUT2D eigenvalue weighted by molar-refractivity contribution is 7.13. The quantitative estimate of drug-likeness (QED) is 0.700. The van der Waals surface area contributed by atoms with Crippen molar-refractivity contribution in [2.75, 3.05) is 20.3 Å². The van der Waals surface area contributed by atoms with Gasteiger partial charge in [0.25, 0.3) is 0 Å². The Morgan fingerprint density at radius 1 is 1.64 bits per heavy atom. The lowest BCUT2D eigenvalue weighted by molar-refractivity contribution is 0.0702. The maximum absolute atomic E-state index is 10.6. The predicted octanol–water partition coefficient (Wildman–Crippen LogP) is 1.18. The summed E-state index contributed by atoms with van der Waals surface area (Å²) in [6, 6.07) is 3.45. The lowest BCUT2D eigenvalue weighted by Gasteiger charge is -2.00. The molecule has 4 nitrogen and oxygen atoms in total. The van der Waals surface area contributed by atoms with Crippen LogP contribution >= 0.6 is 11.3 Å². The SMILES string of the molecule is COCCNCc1ccc(C(=O)O)s1. The van der Waals surface area contributed by atoms with Crippen LogP contribution in [0, 0.1) is 0 Å². The summed E-state index contributed by atoms with van der Waals surface area (Å²) in [6.45, 7) is 2.13. The molecule has 1 aromatic heterocycles. The Hall–Kier alpha value is -0.910. The lowest BCUT2D eigenvalue weighted by Crippen LogP contribution is -2.17. The highest BCUT2D eigenvalue weighted by atomic mass is 32.1. The van der Waals surface area contributed by atoms with Gasteiger partial charge in [0.2, 0.25) is 0 Å². The highest BCUT2D eigenvalue weighted by Crippen LogP contribution is 2.15. The van der Waals surface area contributed by atoms with E-state index in [0.29, 0.717) is 18.0 Å². The molecule has 0 saturated heterocycles. The van der Waals surface area contributed by atoms with Crippen LogP contribution in [0.25, 0.3) is 0 Å². The van der Waals surface area contributed by atoms with Crippen LogP contribution in [0.1, 0.15) is 14.5 Å². The van der Waals surface area contributed by atoms with Crippen LogP contribution in [0.4, 0.5) is 0 Å². The summed E-state index contributed by atoms with van der Waals surface area (Å²) < 4.78 is 4.87. The van der Waals surface area contributed by atoms with Crippen molar-refractivity contribution in [1.82, 2.24) is 5.32 Å². The van der Waals surface area contributed by atoms with Crippen molar-refractivity contribution in [3.8, 4) is 0 Å². The summed E-state index contributed by atoms with van der Waals surface area (Å²) in [5, 5.41) is 11.8. The fraction of sp³-hybridized carbons (Fsp3) is 0.444. The van der Waals surface area contributed by atoms with Crippen molar-refractivity contribution in [2.24, 2.45) is 0 Å². The minimum Gasteiger partial charge on any atom is -0.477 e. The van der Waals surface area contributed by atoms with E-state index in [4.69, 9.17) is 9.84 Å². The van der Waals surface area contributed by atoms with E-state index < -0.39 is 5.97 Å². The average Bonchev–Trinajstić information content (AvgIpc) is 2.61. The number of carboxylic acids is 1. The third-order valence-corrected chi connectivity index (χ3v) is 2.73. The Labute approximate surface area is 86.5 Å². The Balaban J connectivity index is 2.33. The Morgan fingerprint density at radius 2 is 2.43 bits per heavy atom. The van der Waals surface area contributed by atoms with Gasteiger partial charge in [-0.15, -0.1) is 11.3 Å². The molecule has 0 bridgehead atoms. The lowest BCUT2D eigenvalue weighted by atomic mass is 10.4. The summed E-state index contributed by atoms with van der Waals surface area (Å²) in [5.74, 6) is -0.863. The standard InChI is InChI=1S/C9H13NO3S/c1-13-5-4-10-6-7-2-3-8(14-7)9(11)12/h2-3,10H,4-6H2,1H3,(H,11,12). The molecule has 0 radical (unpaired) electrons. The molecular formula is C9H13NO3S. The van der Waals surface area contributed by atoms with Gasteiger partial charge in [0, 0.05) is 25.1 Å². The number of hydrogen-bond donors (Lipinski definition) is 2. The molecule has 0 saturated carbocycles. The van der Waals surface area contributed by atoms with Gasteiger partial charge in [-0.2, -0.15) is 0 Å². The molecule has 5 heteroatoms. The van der Waals surface area contributed by atoms with Crippen molar-refractivity contribution in [2.45, 2.75) is 6.54 Å². The molecule has 0 atom stereocenters. The van der Waals surface area contributed by atoms with Gasteiger partial charge in [0.1, 0.15) is 4.88 Å². The Morgan fingerprint density at radius 3 is 3.00 bits per heavy atom. The summed E-state index contributed by atoms with van der Waals surface area (Å²) in [5.41, 5.74) is 0. The monoisotopic (exact) mass is 215 g/mol. The van der Waals surface area contributed by atoms with Crippen LogP contribution in [0.15, 0.2) is 12.1 Å². The number of carboxylic acid groups (broad SMARTS) is 1. The fourth-order valence-corrected chi connectivity index (χ4v) is 1.79. The molecule has 0 aromatic carbocycles. The second kappa shape index (κ2) is 5.74. The van der Waals surface area contributed by atoms with Crippen LogP contribution in [0.5, 0.6) is 0 Å². The van der Waals surface area contributed by atoms with Crippen LogP contribution in [-0.2, 0) is 11.3 Å². The molecule has 0 aliphatic rings. The molecule has 1 heterocycles. The van der Waals surface area contributed by atoms with Crippen molar-refractivity contribution in [3.63, 3.8) is 0 Å². The molecule has 1 aromatic rings. The largest absolute Gasteiger partial charge is 0.477 e. The highest BCUT2D eigenvalue weighted by Gasteiger charge is 2.05. The minimum atomic E-state index is -0.863. The first-order chi connectivity index (χ1) is 6.74. The van der Waals surface area contributed by atoms with Gasteiger partial charge in [-0.3, -0.25) is 0 Å². The van der Waals surface area contributed by atoms with Gasteiger partial charge >= 0.3 is 5.97 Å².